The predicted molar refractivity (Wildman–Crippen MR) is 54.9 cm³/mol. The van der Waals surface area contributed by atoms with Crippen molar-refractivity contribution in [2.45, 2.75) is 46.0 Å². The molecule has 0 aliphatic heterocycles. The molecule has 0 aromatic carbocycles. The Balaban J connectivity index is 3.68. The SMILES string of the molecule is CCCCCCC(=O)C(C)C(=O)OC. The third-order valence-corrected chi connectivity index (χ3v) is 2.31. The third-order valence-electron chi connectivity index (χ3n) is 2.31. The Hall–Kier alpha value is -0.860. The average Bonchev–Trinajstić information content (AvgIpc) is 2.21. The fourth-order valence-electron chi connectivity index (χ4n) is 1.25. The molecule has 0 aromatic rings. The van der Waals surface area contributed by atoms with Crippen LogP contribution in [0.15, 0.2) is 0 Å². The van der Waals surface area contributed by atoms with Gasteiger partial charge in [0, 0.05) is 6.42 Å². The minimum atomic E-state index is -0.596. The molecule has 14 heavy (non-hydrogen) atoms. The van der Waals surface area contributed by atoms with Gasteiger partial charge in [0.25, 0.3) is 0 Å². The van der Waals surface area contributed by atoms with Crippen molar-refractivity contribution in [1.82, 2.24) is 0 Å². The van der Waals surface area contributed by atoms with Gasteiger partial charge in [-0.05, 0) is 13.3 Å². The van der Waals surface area contributed by atoms with E-state index in [0.29, 0.717) is 6.42 Å². The third kappa shape index (κ3) is 5.00. The second-order valence-corrected chi connectivity index (χ2v) is 3.52. The first-order valence-electron chi connectivity index (χ1n) is 5.24. The minimum absolute atomic E-state index is 0.00652. The lowest BCUT2D eigenvalue weighted by Crippen LogP contribution is -2.22. The standard InChI is InChI=1S/C11H20O3/c1-4-5-6-7-8-10(12)9(2)11(13)14-3/h9H,4-8H2,1-3H3. The van der Waals surface area contributed by atoms with Crippen LogP contribution in [0.3, 0.4) is 0 Å². The Morgan fingerprint density at radius 3 is 2.36 bits per heavy atom. The van der Waals surface area contributed by atoms with Gasteiger partial charge in [0.2, 0.25) is 0 Å². The van der Waals surface area contributed by atoms with Crippen LogP contribution in [0.1, 0.15) is 46.0 Å². The Morgan fingerprint density at radius 2 is 1.86 bits per heavy atom. The summed E-state index contributed by atoms with van der Waals surface area (Å²) in [7, 11) is 1.31. The summed E-state index contributed by atoms with van der Waals surface area (Å²) in [5, 5.41) is 0. The molecule has 0 heterocycles. The number of ether oxygens (including phenoxy) is 1. The topological polar surface area (TPSA) is 43.4 Å². The Bertz CT molecular complexity index is 187. The van der Waals surface area contributed by atoms with Gasteiger partial charge >= 0.3 is 5.97 Å². The number of rotatable bonds is 7. The van der Waals surface area contributed by atoms with Crippen LogP contribution >= 0.6 is 0 Å². The van der Waals surface area contributed by atoms with E-state index in [0.717, 1.165) is 25.7 Å². The smallest absolute Gasteiger partial charge is 0.315 e. The van der Waals surface area contributed by atoms with Crippen LogP contribution < -0.4 is 0 Å². The summed E-state index contributed by atoms with van der Waals surface area (Å²) in [5.74, 6) is -1.03. The molecule has 82 valence electrons. The van der Waals surface area contributed by atoms with Crippen LogP contribution in [-0.2, 0) is 14.3 Å². The number of Topliss-reactive ketones (excluding diaryl/α,β-unsaturated/α-hetero) is 1. The van der Waals surface area contributed by atoms with Crippen molar-refractivity contribution in [2.24, 2.45) is 5.92 Å². The van der Waals surface area contributed by atoms with Crippen molar-refractivity contribution in [1.29, 1.82) is 0 Å². The predicted octanol–water partition coefficient (Wildman–Crippen LogP) is 2.33. The molecule has 0 aromatic heterocycles. The molecule has 0 amide bonds. The maximum atomic E-state index is 11.4. The molecule has 0 saturated carbocycles. The lowest BCUT2D eigenvalue weighted by Gasteiger charge is -2.07. The second-order valence-electron chi connectivity index (χ2n) is 3.52. The van der Waals surface area contributed by atoms with E-state index in [2.05, 4.69) is 11.7 Å². The number of esters is 1. The van der Waals surface area contributed by atoms with E-state index in [9.17, 15) is 9.59 Å². The van der Waals surface area contributed by atoms with Crippen molar-refractivity contribution in [3.63, 3.8) is 0 Å². The molecule has 0 aliphatic rings. The molecule has 1 unspecified atom stereocenters. The van der Waals surface area contributed by atoms with Gasteiger partial charge in [0.05, 0.1) is 7.11 Å². The number of carbonyl (C=O) groups is 2. The largest absolute Gasteiger partial charge is 0.468 e. The highest BCUT2D eigenvalue weighted by Gasteiger charge is 2.20. The van der Waals surface area contributed by atoms with E-state index >= 15 is 0 Å². The number of carbonyl (C=O) groups excluding carboxylic acids is 2. The normalized spacial score (nSPS) is 12.2. The quantitative estimate of drug-likeness (QED) is 0.360. The molecular weight excluding hydrogens is 180 g/mol. The average molecular weight is 200 g/mol. The Kier molecular flexibility index (Phi) is 7.07. The highest BCUT2D eigenvalue weighted by molar-refractivity contribution is 5.98. The molecule has 0 N–H and O–H groups in total. The van der Waals surface area contributed by atoms with Crippen molar-refractivity contribution < 1.29 is 14.3 Å². The minimum Gasteiger partial charge on any atom is -0.468 e. The number of hydrogen-bond donors (Lipinski definition) is 0. The molecule has 0 saturated heterocycles. The highest BCUT2D eigenvalue weighted by atomic mass is 16.5. The number of unbranched alkanes of at least 4 members (excludes halogenated alkanes) is 3. The lowest BCUT2D eigenvalue weighted by atomic mass is 10.0. The van der Waals surface area contributed by atoms with E-state index in [-0.39, 0.29) is 5.78 Å². The van der Waals surface area contributed by atoms with E-state index in [1.165, 1.54) is 7.11 Å². The van der Waals surface area contributed by atoms with Crippen LogP contribution in [0.25, 0.3) is 0 Å². The molecule has 0 rings (SSSR count). The zero-order valence-corrected chi connectivity index (χ0v) is 9.34. The number of ketones is 1. The maximum absolute atomic E-state index is 11.4. The monoisotopic (exact) mass is 200 g/mol. The first-order valence-corrected chi connectivity index (χ1v) is 5.24. The van der Waals surface area contributed by atoms with Crippen LogP contribution in [0.4, 0.5) is 0 Å². The summed E-state index contributed by atoms with van der Waals surface area (Å²) in [6.45, 7) is 3.73. The van der Waals surface area contributed by atoms with Crippen LogP contribution in [0.2, 0.25) is 0 Å². The summed E-state index contributed by atoms with van der Waals surface area (Å²) in [6, 6.07) is 0. The molecule has 3 heteroatoms. The summed E-state index contributed by atoms with van der Waals surface area (Å²) >= 11 is 0. The molecule has 0 radical (unpaired) electrons. The van der Waals surface area contributed by atoms with Crippen molar-refractivity contribution in [2.75, 3.05) is 7.11 Å². The van der Waals surface area contributed by atoms with Gasteiger partial charge in [0.15, 0.2) is 0 Å². The summed E-state index contributed by atoms with van der Waals surface area (Å²) in [4.78, 5) is 22.4. The summed E-state index contributed by atoms with van der Waals surface area (Å²) in [6.07, 6.45) is 4.75. The molecule has 0 aliphatic carbocycles. The maximum Gasteiger partial charge on any atom is 0.315 e. The lowest BCUT2D eigenvalue weighted by molar-refractivity contribution is -0.148. The van der Waals surface area contributed by atoms with Crippen molar-refractivity contribution >= 4 is 11.8 Å². The van der Waals surface area contributed by atoms with E-state index in [1.807, 2.05) is 0 Å². The zero-order valence-electron chi connectivity index (χ0n) is 9.34. The van der Waals surface area contributed by atoms with Gasteiger partial charge in [-0.3, -0.25) is 9.59 Å². The van der Waals surface area contributed by atoms with Gasteiger partial charge in [0.1, 0.15) is 11.7 Å². The zero-order chi connectivity index (χ0) is 11.0. The molecule has 1 atom stereocenters. The molecule has 0 fully saturated rings. The molecule has 0 spiro atoms. The van der Waals surface area contributed by atoms with Gasteiger partial charge in [-0.1, -0.05) is 26.2 Å². The van der Waals surface area contributed by atoms with E-state index < -0.39 is 11.9 Å². The van der Waals surface area contributed by atoms with Crippen molar-refractivity contribution in [3.8, 4) is 0 Å². The second kappa shape index (κ2) is 7.54. The van der Waals surface area contributed by atoms with E-state index in [1.54, 1.807) is 6.92 Å². The molecule has 3 nitrogen and oxygen atoms in total. The Morgan fingerprint density at radius 1 is 1.21 bits per heavy atom. The first-order chi connectivity index (χ1) is 6.63. The fourth-order valence-corrected chi connectivity index (χ4v) is 1.25. The Labute approximate surface area is 85.8 Å². The molecular formula is C11H20O3. The van der Waals surface area contributed by atoms with Gasteiger partial charge in [-0.25, -0.2) is 0 Å². The summed E-state index contributed by atoms with van der Waals surface area (Å²) in [5.41, 5.74) is 0. The van der Waals surface area contributed by atoms with Crippen LogP contribution in [0, 0.1) is 5.92 Å². The number of methoxy groups -OCH3 is 1. The first kappa shape index (κ1) is 13.1. The van der Waals surface area contributed by atoms with E-state index in [4.69, 9.17) is 0 Å². The van der Waals surface area contributed by atoms with Gasteiger partial charge in [-0.15, -0.1) is 0 Å². The summed E-state index contributed by atoms with van der Waals surface area (Å²) < 4.78 is 4.50. The van der Waals surface area contributed by atoms with Crippen molar-refractivity contribution in [3.05, 3.63) is 0 Å². The number of hydrogen-bond acceptors (Lipinski definition) is 3. The van der Waals surface area contributed by atoms with Gasteiger partial charge < -0.3 is 4.74 Å². The van der Waals surface area contributed by atoms with Crippen LogP contribution in [-0.4, -0.2) is 18.9 Å². The van der Waals surface area contributed by atoms with Crippen LogP contribution in [0.5, 0.6) is 0 Å². The molecule has 0 bridgehead atoms. The van der Waals surface area contributed by atoms with Gasteiger partial charge in [-0.2, -0.15) is 0 Å². The fraction of sp³-hybridized carbons (Fsp3) is 0.818. The highest BCUT2D eigenvalue weighted by Crippen LogP contribution is 2.08.